The zero-order valence-corrected chi connectivity index (χ0v) is 20.1. The van der Waals surface area contributed by atoms with Crippen LogP contribution < -0.4 is 14.2 Å². The summed E-state index contributed by atoms with van der Waals surface area (Å²) in [6, 6.07) is 3.61. The number of benzene rings is 1. The summed E-state index contributed by atoms with van der Waals surface area (Å²) in [7, 11) is 4.68. The van der Waals surface area contributed by atoms with Crippen molar-refractivity contribution in [3.05, 3.63) is 39.4 Å². The van der Waals surface area contributed by atoms with Crippen LogP contribution in [0.1, 0.15) is 38.8 Å². The van der Waals surface area contributed by atoms with E-state index in [1.54, 1.807) is 45.6 Å². The summed E-state index contributed by atoms with van der Waals surface area (Å²) in [4.78, 5) is 34.5. The van der Waals surface area contributed by atoms with Crippen molar-refractivity contribution >= 4 is 29.1 Å². The number of fused-ring (bicyclic) bond motifs is 1. The molecule has 33 heavy (non-hydrogen) atoms. The lowest BCUT2D eigenvalue weighted by atomic mass is 10.0. The first-order valence-electron chi connectivity index (χ1n) is 11.0. The normalized spacial score (nSPS) is 16.7. The van der Waals surface area contributed by atoms with Crippen molar-refractivity contribution in [2.45, 2.75) is 25.8 Å². The van der Waals surface area contributed by atoms with E-state index in [0.717, 1.165) is 53.6 Å². The van der Waals surface area contributed by atoms with Gasteiger partial charge in [0.05, 0.1) is 38.4 Å². The summed E-state index contributed by atoms with van der Waals surface area (Å²) < 4.78 is 16.1. The summed E-state index contributed by atoms with van der Waals surface area (Å²) >= 11 is 1.53. The quantitative estimate of drug-likeness (QED) is 0.574. The third kappa shape index (κ3) is 5.20. The molecule has 0 N–H and O–H groups in total. The lowest BCUT2D eigenvalue weighted by Crippen LogP contribution is -2.47. The number of amides is 1. The fraction of sp³-hybridized carbons (Fsp3) is 0.458. The average Bonchev–Trinajstić information content (AvgIpc) is 3.26. The van der Waals surface area contributed by atoms with E-state index in [9.17, 15) is 9.59 Å². The van der Waals surface area contributed by atoms with E-state index >= 15 is 0 Å². The molecule has 1 amide bonds. The predicted octanol–water partition coefficient (Wildman–Crippen LogP) is 3.05. The minimum Gasteiger partial charge on any atom is -0.493 e. The van der Waals surface area contributed by atoms with Crippen molar-refractivity contribution in [1.29, 1.82) is 0 Å². The first-order valence-corrected chi connectivity index (χ1v) is 11.8. The number of hydrogen-bond donors (Lipinski definition) is 0. The zero-order valence-electron chi connectivity index (χ0n) is 19.3. The number of Topliss-reactive ketones (excluding diaryl/α,β-unsaturated/α-hetero) is 1. The molecule has 1 aliphatic carbocycles. The Kier molecular flexibility index (Phi) is 7.29. The maximum absolute atomic E-state index is 12.7. The summed E-state index contributed by atoms with van der Waals surface area (Å²) in [5, 5.41) is 0.998. The number of methoxy groups -OCH3 is 3. The number of rotatable bonds is 7. The standard InChI is InChI=1S/C24H29N3O5S/c1-30-19-13-16(14-20(31-2)23(19)32-3)7-8-22(29)27-11-9-26(10-12-27)15-21-25-17-5-4-6-18(28)24(17)33-21/h7-8,13-14H,4-6,9-12,15H2,1-3H3/b8-7+. The number of piperazine rings is 1. The molecule has 1 fully saturated rings. The number of aryl methyl sites for hydroxylation is 1. The Morgan fingerprint density at radius 3 is 2.36 bits per heavy atom. The Hall–Kier alpha value is -2.91. The fourth-order valence-electron chi connectivity index (χ4n) is 4.17. The van der Waals surface area contributed by atoms with Gasteiger partial charge in [0.2, 0.25) is 11.7 Å². The van der Waals surface area contributed by atoms with Crippen LogP contribution in [-0.4, -0.2) is 74.0 Å². The predicted molar refractivity (Wildman–Crippen MR) is 126 cm³/mol. The third-order valence-corrected chi connectivity index (χ3v) is 7.08. The van der Waals surface area contributed by atoms with Crippen molar-refractivity contribution in [2.24, 2.45) is 0 Å². The highest BCUT2D eigenvalue weighted by Crippen LogP contribution is 2.38. The van der Waals surface area contributed by atoms with E-state index in [-0.39, 0.29) is 11.7 Å². The van der Waals surface area contributed by atoms with Crippen LogP contribution in [0.3, 0.4) is 0 Å². The molecule has 0 saturated carbocycles. The number of aromatic nitrogens is 1. The lowest BCUT2D eigenvalue weighted by Gasteiger charge is -2.33. The molecule has 0 spiro atoms. The molecule has 0 radical (unpaired) electrons. The molecule has 8 nitrogen and oxygen atoms in total. The number of carbonyl (C=O) groups excluding carboxylic acids is 2. The fourth-order valence-corrected chi connectivity index (χ4v) is 5.29. The van der Waals surface area contributed by atoms with Crippen LogP contribution in [0.5, 0.6) is 17.2 Å². The van der Waals surface area contributed by atoms with Gasteiger partial charge in [-0.25, -0.2) is 4.98 Å². The Balaban J connectivity index is 1.33. The molecule has 2 aliphatic rings. The molecule has 0 atom stereocenters. The van der Waals surface area contributed by atoms with Crippen molar-refractivity contribution in [3.63, 3.8) is 0 Å². The van der Waals surface area contributed by atoms with Crippen LogP contribution in [-0.2, 0) is 17.8 Å². The van der Waals surface area contributed by atoms with Gasteiger partial charge >= 0.3 is 0 Å². The van der Waals surface area contributed by atoms with Crippen LogP contribution in [0.25, 0.3) is 6.08 Å². The number of hydrogen-bond acceptors (Lipinski definition) is 8. The molecule has 1 saturated heterocycles. The second kappa shape index (κ2) is 10.4. The van der Waals surface area contributed by atoms with Gasteiger partial charge in [0, 0.05) is 38.7 Å². The second-order valence-electron chi connectivity index (χ2n) is 8.05. The Bertz CT molecular complexity index is 1030. The highest BCUT2D eigenvalue weighted by Gasteiger charge is 2.25. The van der Waals surface area contributed by atoms with E-state index in [4.69, 9.17) is 14.2 Å². The highest BCUT2D eigenvalue weighted by molar-refractivity contribution is 7.13. The number of ether oxygens (including phenoxy) is 3. The highest BCUT2D eigenvalue weighted by atomic mass is 32.1. The Labute approximate surface area is 197 Å². The van der Waals surface area contributed by atoms with Crippen molar-refractivity contribution in [3.8, 4) is 17.2 Å². The smallest absolute Gasteiger partial charge is 0.246 e. The molecule has 176 valence electrons. The first-order chi connectivity index (χ1) is 16.0. The van der Waals surface area contributed by atoms with Crippen LogP contribution in [0, 0.1) is 0 Å². The van der Waals surface area contributed by atoms with E-state index in [1.807, 2.05) is 4.90 Å². The van der Waals surface area contributed by atoms with E-state index in [1.165, 1.54) is 11.3 Å². The molecular weight excluding hydrogens is 442 g/mol. The van der Waals surface area contributed by atoms with Gasteiger partial charge in [0.25, 0.3) is 0 Å². The Morgan fingerprint density at radius 1 is 1.06 bits per heavy atom. The minimum atomic E-state index is -0.0290. The summed E-state index contributed by atoms with van der Waals surface area (Å²) in [6.45, 7) is 3.60. The maximum atomic E-state index is 12.7. The molecule has 2 heterocycles. The van der Waals surface area contributed by atoms with Gasteiger partial charge in [0.15, 0.2) is 17.3 Å². The third-order valence-electron chi connectivity index (χ3n) is 5.96. The van der Waals surface area contributed by atoms with Gasteiger partial charge in [-0.3, -0.25) is 14.5 Å². The van der Waals surface area contributed by atoms with Gasteiger partial charge in [-0.05, 0) is 36.6 Å². The van der Waals surface area contributed by atoms with Gasteiger partial charge in [-0.2, -0.15) is 0 Å². The topological polar surface area (TPSA) is 81.2 Å². The van der Waals surface area contributed by atoms with Gasteiger partial charge in [-0.1, -0.05) is 0 Å². The van der Waals surface area contributed by atoms with E-state index in [0.29, 0.717) is 36.8 Å². The van der Waals surface area contributed by atoms with Crippen LogP contribution in [0.4, 0.5) is 0 Å². The summed E-state index contributed by atoms with van der Waals surface area (Å²) in [5.74, 6) is 1.81. The Morgan fingerprint density at radius 2 is 1.76 bits per heavy atom. The summed E-state index contributed by atoms with van der Waals surface area (Å²) in [5.41, 5.74) is 1.76. The summed E-state index contributed by atoms with van der Waals surface area (Å²) in [6.07, 6.45) is 5.78. The van der Waals surface area contributed by atoms with E-state index < -0.39 is 0 Å². The average molecular weight is 472 g/mol. The molecule has 2 aromatic rings. The van der Waals surface area contributed by atoms with Crippen LogP contribution in [0.15, 0.2) is 18.2 Å². The molecule has 0 bridgehead atoms. The SMILES string of the molecule is COc1cc(/C=C/C(=O)N2CCN(Cc3nc4c(s3)C(=O)CCC4)CC2)cc(OC)c1OC. The molecule has 1 aliphatic heterocycles. The number of carbonyl (C=O) groups is 2. The molecule has 9 heteroatoms. The van der Waals surface area contributed by atoms with Gasteiger partial charge in [0.1, 0.15) is 5.01 Å². The monoisotopic (exact) mass is 471 g/mol. The van der Waals surface area contributed by atoms with Crippen molar-refractivity contribution in [1.82, 2.24) is 14.8 Å². The molecule has 1 aromatic carbocycles. The number of thiazole rings is 1. The van der Waals surface area contributed by atoms with Crippen molar-refractivity contribution < 1.29 is 23.8 Å². The van der Waals surface area contributed by atoms with Crippen LogP contribution >= 0.6 is 11.3 Å². The molecular formula is C24H29N3O5S. The molecule has 1 aromatic heterocycles. The van der Waals surface area contributed by atoms with Crippen molar-refractivity contribution in [2.75, 3.05) is 47.5 Å². The van der Waals surface area contributed by atoms with E-state index in [2.05, 4.69) is 9.88 Å². The minimum absolute atomic E-state index is 0.0290. The lowest BCUT2D eigenvalue weighted by molar-refractivity contribution is -0.127. The van der Waals surface area contributed by atoms with Crippen LogP contribution in [0.2, 0.25) is 0 Å². The number of nitrogens with zero attached hydrogens (tertiary/aromatic N) is 3. The van der Waals surface area contributed by atoms with Gasteiger partial charge < -0.3 is 19.1 Å². The second-order valence-corrected chi connectivity index (χ2v) is 9.14. The molecule has 4 rings (SSSR count). The number of ketones is 1. The molecule has 0 unspecified atom stereocenters. The van der Waals surface area contributed by atoms with Gasteiger partial charge in [-0.15, -0.1) is 11.3 Å². The first kappa shape index (κ1) is 23.3. The largest absolute Gasteiger partial charge is 0.493 e. The maximum Gasteiger partial charge on any atom is 0.246 e. The zero-order chi connectivity index (χ0) is 23.4.